The summed E-state index contributed by atoms with van der Waals surface area (Å²) in [5.41, 5.74) is 3.04. The molecule has 6 nitrogen and oxygen atoms in total. The van der Waals surface area contributed by atoms with Gasteiger partial charge in [-0.2, -0.15) is 0 Å². The summed E-state index contributed by atoms with van der Waals surface area (Å²) in [5.74, 6) is 0.916. The number of benzene rings is 2. The summed E-state index contributed by atoms with van der Waals surface area (Å²) >= 11 is 0. The number of amides is 1. The molecule has 3 aromatic rings. The fourth-order valence-corrected chi connectivity index (χ4v) is 4.62. The lowest BCUT2D eigenvalue weighted by atomic mass is 10.1. The van der Waals surface area contributed by atoms with Crippen molar-refractivity contribution in [3.8, 4) is 0 Å². The van der Waals surface area contributed by atoms with Gasteiger partial charge in [0.2, 0.25) is 5.91 Å². The minimum Gasteiger partial charge on any atom is -0.379 e. The normalized spacial score (nSPS) is 20.1. The first-order valence-corrected chi connectivity index (χ1v) is 10.9. The average Bonchev–Trinajstić information content (AvgIpc) is 3.35. The van der Waals surface area contributed by atoms with E-state index in [0.29, 0.717) is 19.5 Å². The number of para-hydroxylation sites is 2. The standard InChI is InChI=1S/C24H27FN4O2/c25-20-7-5-18(6-8-20)16-28-17-19(15-23(28)30)24-26-21-3-1-2-4-22(21)29(24)10-9-27-11-13-31-14-12-27/h1-8,19H,9-17H2/t19-/m1/s1. The molecule has 2 aliphatic rings. The maximum Gasteiger partial charge on any atom is 0.223 e. The van der Waals surface area contributed by atoms with Crippen LogP contribution < -0.4 is 0 Å². The summed E-state index contributed by atoms with van der Waals surface area (Å²) in [6, 6.07) is 14.6. The minimum atomic E-state index is -0.261. The van der Waals surface area contributed by atoms with Gasteiger partial charge < -0.3 is 14.2 Å². The van der Waals surface area contributed by atoms with Crippen molar-refractivity contribution < 1.29 is 13.9 Å². The fourth-order valence-electron chi connectivity index (χ4n) is 4.62. The van der Waals surface area contributed by atoms with E-state index in [4.69, 9.17) is 9.72 Å². The molecule has 0 aliphatic carbocycles. The molecule has 0 saturated carbocycles. The molecule has 31 heavy (non-hydrogen) atoms. The molecule has 3 heterocycles. The first kappa shape index (κ1) is 20.2. The van der Waals surface area contributed by atoms with Crippen LogP contribution >= 0.6 is 0 Å². The Morgan fingerprint density at radius 2 is 1.81 bits per heavy atom. The van der Waals surface area contributed by atoms with E-state index in [1.165, 1.54) is 12.1 Å². The maximum atomic E-state index is 13.2. The molecule has 1 aromatic heterocycles. The molecule has 1 amide bonds. The van der Waals surface area contributed by atoms with Crippen LogP contribution in [0.4, 0.5) is 4.39 Å². The monoisotopic (exact) mass is 422 g/mol. The van der Waals surface area contributed by atoms with Gasteiger partial charge in [-0.25, -0.2) is 9.37 Å². The molecule has 0 N–H and O–H groups in total. The highest BCUT2D eigenvalue weighted by molar-refractivity contribution is 5.81. The van der Waals surface area contributed by atoms with Crippen molar-refractivity contribution in [3.63, 3.8) is 0 Å². The fraction of sp³-hybridized carbons (Fsp3) is 0.417. The van der Waals surface area contributed by atoms with Gasteiger partial charge >= 0.3 is 0 Å². The van der Waals surface area contributed by atoms with E-state index >= 15 is 0 Å². The molecule has 2 fully saturated rings. The van der Waals surface area contributed by atoms with Gasteiger partial charge in [-0.05, 0) is 29.8 Å². The number of hydrogen-bond acceptors (Lipinski definition) is 4. The number of hydrogen-bond donors (Lipinski definition) is 0. The molecule has 2 saturated heterocycles. The third-order valence-electron chi connectivity index (χ3n) is 6.29. The molecule has 7 heteroatoms. The Hall–Kier alpha value is -2.77. The summed E-state index contributed by atoms with van der Waals surface area (Å²) in [4.78, 5) is 22.0. The second-order valence-electron chi connectivity index (χ2n) is 8.37. The highest BCUT2D eigenvalue weighted by Gasteiger charge is 2.34. The quantitative estimate of drug-likeness (QED) is 0.613. The predicted molar refractivity (Wildman–Crippen MR) is 116 cm³/mol. The highest BCUT2D eigenvalue weighted by Crippen LogP contribution is 2.31. The van der Waals surface area contributed by atoms with Gasteiger partial charge in [-0.3, -0.25) is 9.69 Å². The van der Waals surface area contributed by atoms with Crippen LogP contribution in [0, 0.1) is 5.82 Å². The lowest BCUT2D eigenvalue weighted by molar-refractivity contribution is -0.128. The van der Waals surface area contributed by atoms with Crippen LogP contribution in [0.25, 0.3) is 11.0 Å². The van der Waals surface area contributed by atoms with E-state index in [0.717, 1.165) is 61.8 Å². The van der Waals surface area contributed by atoms with E-state index in [2.05, 4.69) is 15.5 Å². The van der Waals surface area contributed by atoms with Crippen LogP contribution in [0.15, 0.2) is 48.5 Å². The first-order valence-electron chi connectivity index (χ1n) is 10.9. The van der Waals surface area contributed by atoms with E-state index < -0.39 is 0 Å². The molecule has 0 radical (unpaired) electrons. The Morgan fingerprint density at radius 1 is 1.03 bits per heavy atom. The van der Waals surface area contributed by atoms with Gasteiger partial charge in [0.1, 0.15) is 11.6 Å². The molecule has 0 spiro atoms. The molecular weight excluding hydrogens is 395 g/mol. The second-order valence-corrected chi connectivity index (χ2v) is 8.37. The highest BCUT2D eigenvalue weighted by atomic mass is 19.1. The maximum absolute atomic E-state index is 13.2. The van der Waals surface area contributed by atoms with Gasteiger partial charge in [0.25, 0.3) is 0 Å². The third kappa shape index (κ3) is 4.34. The summed E-state index contributed by atoms with van der Waals surface area (Å²) in [6.07, 6.45) is 0.460. The number of carbonyl (C=O) groups is 1. The van der Waals surface area contributed by atoms with Crippen molar-refractivity contribution in [3.05, 3.63) is 65.7 Å². The van der Waals surface area contributed by atoms with Crippen molar-refractivity contribution in [1.29, 1.82) is 0 Å². The van der Waals surface area contributed by atoms with Crippen LogP contribution in [-0.2, 0) is 22.6 Å². The van der Waals surface area contributed by atoms with Crippen molar-refractivity contribution >= 4 is 16.9 Å². The van der Waals surface area contributed by atoms with Crippen LogP contribution in [0.3, 0.4) is 0 Å². The average molecular weight is 423 g/mol. The van der Waals surface area contributed by atoms with Crippen molar-refractivity contribution in [1.82, 2.24) is 19.4 Å². The van der Waals surface area contributed by atoms with Gasteiger partial charge in [0.15, 0.2) is 0 Å². The number of nitrogens with zero attached hydrogens (tertiary/aromatic N) is 4. The van der Waals surface area contributed by atoms with Gasteiger partial charge in [0.05, 0.1) is 24.2 Å². The van der Waals surface area contributed by atoms with Crippen LogP contribution in [0.2, 0.25) is 0 Å². The number of halogens is 1. The topological polar surface area (TPSA) is 50.6 Å². The number of imidazole rings is 1. The molecule has 1 atom stereocenters. The van der Waals surface area contributed by atoms with E-state index in [-0.39, 0.29) is 17.6 Å². The smallest absolute Gasteiger partial charge is 0.223 e. The molecule has 5 rings (SSSR count). The Bertz CT molecular complexity index is 1060. The number of likely N-dealkylation sites (tertiary alicyclic amines) is 1. The SMILES string of the molecule is O=C1C[C@@H](c2nc3ccccc3n2CCN2CCOCC2)CN1Cc1ccc(F)cc1. The van der Waals surface area contributed by atoms with E-state index in [9.17, 15) is 9.18 Å². The zero-order chi connectivity index (χ0) is 21.2. The number of aromatic nitrogens is 2. The summed E-state index contributed by atoms with van der Waals surface area (Å²) in [5, 5.41) is 0. The Labute approximate surface area is 181 Å². The van der Waals surface area contributed by atoms with Gasteiger partial charge in [0, 0.05) is 51.6 Å². The third-order valence-corrected chi connectivity index (χ3v) is 6.29. The first-order chi connectivity index (χ1) is 15.2. The Balaban J connectivity index is 1.36. The summed E-state index contributed by atoms with van der Waals surface area (Å²) in [6.45, 7) is 6.40. The number of morpholine rings is 1. The molecular formula is C24H27FN4O2. The Morgan fingerprint density at radius 3 is 2.61 bits per heavy atom. The van der Waals surface area contributed by atoms with Gasteiger partial charge in [-0.15, -0.1) is 0 Å². The molecule has 0 unspecified atom stereocenters. The van der Waals surface area contributed by atoms with E-state index in [1.54, 1.807) is 12.1 Å². The van der Waals surface area contributed by atoms with Crippen molar-refractivity contribution in [2.45, 2.75) is 25.4 Å². The molecule has 162 valence electrons. The zero-order valence-corrected chi connectivity index (χ0v) is 17.5. The molecule has 0 bridgehead atoms. The zero-order valence-electron chi connectivity index (χ0n) is 17.5. The Kier molecular flexibility index (Phi) is 5.70. The van der Waals surface area contributed by atoms with Crippen LogP contribution in [0.1, 0.15) is 23.7 Å². The van der Waals surface area contributed by atoms with Crippen LogP contribution in [0.5, 0.6) is 0 Å². The van der Waals surface area contributed by atoms with Gasteiger partial charge in [-0.1, -0.05) is 24.3 Å². The summed E-state index contributed by atoms with van der Waals surface area (Å²) < 4.78 is 21.0. The second kappa shape index (κ2) is 8.77. The minimum absolute atomic E-state index is 0.0602. The number of fused-ring (bicyclic) bond motifs is 1. The molecule has 2 aliphatic heterocycles. The number of carbonyl (C=O) groups excluding carboxylic acids is 1. The summed E-state index contributed by atoms with van der Waals surface area (Å²) in [7, 11) is 0. The van der Waals surface area contributed by atoms with Crippen molar-refractivity contribution in [2.24, 2.45) is 0 Å². The lowest BCUT2D eigenvalue weighted by Crippen LogP contribution is -2.38. The largest absolute Gasteiger partial charge is 0.379 e. The number of rotatable bonds is 6. The lowest BCUT2D eigenvalue weighted by Gasteiger charge is -2.27. The number of ether oxygens (including phenoxy) is 1. The van der Waals surface area contributed by atoms with Crippen molar-refractivity contribution in [2.75, 3.05) is 39.4 Å². The predicted octanol–water partition coefficient (Wildman–Crippen LogP) is 3.02. The molecule has 2 aromatic carbocycles. The van der Waals surface area contributed by atoms with Crippen LogP contribution in [-0.4, -0.2) is 64.7 Å². The van der Waals surface area contributed by atoms with E-state index in [1.807, 2.05) is 23.1 Å².